The topological polar surface area (TPSA) is 54.4 Å². The van der Waals surface area contributed by atoms with Crippen molar-refractivity contribution in [3.05, 3.63) is 24.3 Å². The average Bonchev–Trinajstić information content (AvgIpc) is 2.36. The molecule has 0 atom stereocenters. The number of carboxylic acid groups (broad SMARTS) is 1. The molecule has 0 saturated carbocycles. The van der Waals surface area contributed by atoms with Gasteiger partial charge in [-0.15, -0.1) is 0 Å². The van der Waals surface area contributed by atoms with E-state index in [0.717, 1.165) is 44.9 Å². The Morgan fingerprint density at radius 2 is 1.63 bits per heavy atom. The van der Waals surface area contributed by atoms with Crippen LogP contribution in [0.4, 0.5) is 0 Å². The maximum Gasteiger partial charge on any atom is 0.303 e. The number of rotatable bonds is 12. The summed E-state index contributed by atoms with van der Waals surface area (Å²) in [5.41, 5.74) is 0. The highest BCUT2D eigenvalue weighted by Crippen LogP contribution is 2.07. The second-order valence-corrected chi connectivity index (χ2v) is 4.70. The lowest BCUT2D eigenvalue weighted by Gasteiger charge is -1.97. The zero-order valence-corrected chi connectivity index (χ0v) is 11.9. The van der Waals surface area contributed by atoms with Crippen LogP contribution in [0.25, 0.3) is 0 Å². The Labute approximate surface area is 116 Å². The minimum Gasteiger partial charge on any atom is -0.481 e. The molecule has 0 amide bonds. The Balaban J connectivity index is 3.34. The highest BCUT2D eigenvalue weighted by Gasteiger charge is 1.95. The zero-order valence-electron chi connectivity index (χ0n) is 11.9. The van der Waals surface area contributed by atoms with Gasteiger partial charge < -0.3 is 5.11 Å². The quantitative estimate of drug-likeness (QED) is 0.326. The Bertz CT molecular complexity index is 303. The van der Waals surface area contributed by atoms with Gasteiger partial charge in [-0.05, 0) is 31.8 Å². The van der Waals surface area contributed by atoms with Gasteiger partial charge in [0.15, 0.2) is 5.78 Å². The Hall–Kier alpha value is -1.38. The van der Waals surface area contributed by atoms with E-state index in [9.17, 15) is 9.59 Å². The van der Waals surface area contributed by atoms with Crippen LogP contribution in [0, 0.1) is 0 Å². The van der Waals surface area contributed by atoms with Crippen molar-refractivity contribution >= 4 is 11.8 Å². The molecule has 0 aromatic rings. The maximum atomic E-state index is 11.2. The Morgan fingerprint density at radius 3 is 2.32 bits per heavy atom. The Morgan fingerprint density at radius 1 is 0.947 bits per heavy atom. The molecule has 0 bridgehead atoms. The largest absolute Gasteiger partial charge is 0.481 e. The van der Waals surface area contributed by atoms with Crippen molar-refractivity contribution in [2.45, 2.75) is 64.7 Å². The summed E-state index contributed by atoms with van der Waals surface area (Å²) in [6.07, 6.45) is 15.4. The summed E-state index contributed by atoms with van der Waals surface area (Å²) in [7, 11) is 0. The van der Waals surface area contributed by atoms with Crippen LogP contribution in [0.15, 0.2) is 24.3 Å². The van der Waals surface area contributed by atoms with Gasteiger partial charge in [0.05, 0.1) is 0 Å². The molecular formula is C16H26O3. The van der Waals surface area contributed by atoms with Crippen LogP contribution in [0.3, 0.4) is 0 Å². The van der Waals surface area contributed by atoms with E-state index in [0.29, 0.717) is 6.42 Å². The van der Waals surface area contributed by atoms with E-state index in [2.05, 4.69) is 6.08 Å². The van der Waals surface area contributed by atoms with E-state index >= 15 is 0 Å². The summed E-state index contributed by atoms with van der Waals surface area (Å²) >= 11 is 0. The van der Waals surface area contributed by atoms with E-state index in [1.807, 2.05) is 19.1 Å². The molecule has 0 heterocycles. The van der Waals surface area contributed by atoms with Crippen molar-refractivity contribution in [3.63, 3.8) is 0 Å². The lowest BCUT2D eigenvalue weighted by atomic mass is 10.1. The molecule has 0 saturated heterocycles. The summed E-state index contributed by atoms with van der Waals surface area (Å²) in [6.45, 7) is 2.00. The number of carboxylic acids is 1. The fourth-order valence-corrected chi connectivity index (χ4v) is 1.74. The molecule has 0 radical (unpaired) electrons. The molecule has 3 nitrogen and oxygen atoms in total. The van der Waals surface area contributed by atoms with E-state index < -0.39 is 5.97 Å². The highest BCUT2D eigenvalue weighted by molar-refractivity contribution is 5.89. The molecule has 0 unspecified atom stereocenters. The SMILES string of the molecule is CCCC(=O)C=CC=CCCCCCCCC(=O)O. The monoisotopic (exact) mass is 266 g/mol. The van der Waals surface area contributed by atoms with Gasteiger partial charge in [-0.3, -0.25) is 9.59 Å². The number of carbonyl (C=O) groups excluding carboxylic acids is 1. The van der Waals surface area contributed by atoms with Crippen LogP contribution in [-0.4, -0.2) is 16.9 Å². The van der Waals surface area contributed by atoms with E-state index in [1.54, 1.807) is 6.08 Å². The van der Waals surface area contributed by atoms with Crippen molar-refractivity contribution in [1.82, 2.24) is 0 Å². The number of hydrogen-bond acceptors (Lipinski definition) is 2. The molecule has 108 valence electrons. The van der Waals surface area contributed by atoms with Gasteiger partial charge in [0, 0.05) is 12.8 Å². The first-order valence-electron chi connectivity index (χ1n) is 7.24. The molecule has 0 aromatic carbocycles. The normalized spacial score (nSPS) is 11.4. The van der Waals surface area contributed by atoms with Crippen molar-refractivity contribution in [3.8, 4) is 0 Å². The van der Waals surface area contributed by atoms with E-state index in [1.165, 1.54) is 0 Å². The molecule has 0 aromatic heterocycles. The molecule has 0 aliphatic heterocycles. The van der Waals surface area contributed by atoms with Crippen molar-refractivity contribution < 1.29 is 14.7 Å². The van der Waals surface area contributed by atoms with Crippen molar-refractivity contribution in [1.29, 1.82) is 0 Å². The van der Waals surface area contributed by atoms with Crippen LogP contribution < -0.4 is 0 Å². The zero-order chi connectivity index (χ0) is 14.3. The fourth-order valence-electron chi connectivity index (χ4n) is 1.74. The van der Waals surface area contributed by atoms with Crippen LogP contribution in [-0.2, 0) is 9.59 Å². The van der Waals surface area contributed by atoms with Crippen molar-refractivity contribution in [2.24, 2.45) is 0 Å². The van der Waals surface area contributed by atoms with Gasteiger partial charge in [-0.1, -0.05) is 44.4 Å². The molecule has 0 aliphatic carbocycles. The van der Waals surface area contributed by atoms with Gasteiger partial charge in [0.2, 0.25) is 0 Å². The number of allylic oxidation sites excluding steroid dienone is 4. The van der Waals surface area contributed by atoms with Crippen LogP contribution in [0.2, 0.25) is 0 Å². The minimum absolute atomic E-state index is 0.186. The predicted octanol–water partition coefficient (Wildman–Crippen LogP) is 4.28. The fraction of sp³-hybridized carbons (Fsp3) is 0.625. The average molecular weight is 266 g/mol. The second kappa shape index (κ2) is 13.1. The predicted molar refractivity (Wildman–Crippen MR) is 78.1 cm³/mol. The van der Waals surface area contributed by atoms with Crippen LogP contribution >= 0.6 is 0 Å². The molecule has 0 rings (SSSR count). The maximum absolute atomic E-state index is 11.2. The summed E-state index contributed by atoms with van der Waals surface area (Å²) < 4.78 is 0. The molecule has 0 fully saturated rings. The molecule has 0 spiro atoms. The van der Waals surface area contributed by atoms with Gasteiger partial charge in [0.25, 0.3) is 0 Å². The van der Waals surface area contributed by atoms with Crippen LogP contribution in [0.1, 0.15) is 64.7 Å². The number of ketones is 1. The molecular weight excluding hydrogens is 240 g/mol. The third-order valence-electron chi connectivity index (χ3n) is 2.79. The summed E-state index contributed by atoms with van der Waals surface area (Å²) in [4.78, 5) is 21.4. The van der Waals surface area contributed by atoms with E-state index in [-0.39, 0.29) is 12.2 Å². The highest BCUT2D eigenvalue weighted by atomic mass is 16.4. The molecule has 1 N–H and O–H groups in total. The van der Waals surface area contributed by atoms with Crippen molar-refractivity contribution in [2.75, 3.05) is 0 Å². The van der Waals surface area contributed by atoms with Crippen LogP contribution in [0.5, 0.6) is 0 Å². The molecule has 19 heavy (non-hydrogen) atoms. The third-order valence-corrected chi connectivity index (χ3v) is 2.79. The summed E-state index contributed by atoms with van der Waals surface area (Å²) in [5, 5.41) is 8.47. The first-order valence-corrected chi connectivity index (χ1v) is 7.24. The second-order valence-electron chi connectivity index (χ2n) is 4.70. The first kappa shape index (κ1) is 17.6. The lowest BCUT2D eigenvalue weighted by molar-refractivity contribution is -0.137. The number of unbranched alkanes of at least 4 members (excludes halogenated alkanes) is 5. The molecule has 3 heteroatoms. The number of hydrogen-bond donors (Lipinski definition) is 1. The molecule has 0 aliphatic rings. The number of aliphatic carboxylic acids is 1. The third kappa shape index (κ3) is 14.6. The van der Waals surface area contributed by atoms with Gasteiger partial charge in [-0.2, -0.15) is 0 Å². The van der Waals surface area contributed by atoms with Gasteiger partial charge >= 0.3 is 5.97 Å². The standard InChI is InChI=1S/C16H26O3/c1-2-12-15(17)13-10-8-6-4-3-5-7-9-11-14-16(18)19/h6,8,10,13H,2-5,7,9,11-12,14H2,1H3,(H,18,19). The summed E-state index contributed by atoms with van der Waals surface area (Å²) in [6, 6.07) is 0. The van der Waals surface area contributed by atoms with Gasteiger partial charge in [-0.25, -0.2) is 0 Å². The number of carbonyl (C=O) groups is 2. The Kier molecular flexibility index (Phi) is 12.1. The summed E-state index contributed by atoms with van der Waals surface area (Å²) in [5.74, 6) is -0.516. The first-order chi connectivity index (χ1) is 9.16. The minimum atomic E-state index is -0.702. The lowest BCUT2D eigenvalue weighted by Crippen LogP contribution is -1.93. The van der Waals surface area contributed by atoms with Gasteiger partial charge in [0.1, 0.15) is 0 Å². The smallest absolute Gasteiger partial charge is 0.303 e. The van der Waals surface area contributed by atoms with E-state index in [4.69, 9.17) is 5.11 Å².